The number of fused-ring (bicyclic) bond motifs is 3. The molecule has 2 aromatic heterocycles. The number of furan rings is 1. The summed E-state index contributed by atoms with van der Waals surface area (Å²) in [6.07, 6.45) is 1.64. The molecule has 1 aromatic carbocycles. The topological polar surface area (TPSA) is 58.5 Å². The van der Waals surface area contributed by atoms with Crippen molar-refractivity contribution in [1.82, 2.24) is 4.98 Å². The number of anilines is 1. The van der Waals surface area contributed by atoms with Crippen LogP contribution in [0.4, 0.5) is 5.69 Å². The third-order valence-corrected chi connectivity index (χ3v) is 3.78. The number of aromatic amines is 1. The van der Waals surface area contributed by atoms with Gasteiger partial charge in [0.2, 0.25) is 0 Å². The predicted octanol–water partition coefficient (Wildman–Crippen LogP) is 2.11. The summed E-state index contributed by atoms with van der Waals surface area (Å²) in [4.78, 5) is 17.4. The van der Waals surface area contributed by atoms with Crippen LogP contribution < -0.4 is 10.5 Å². The summed E-state index contributed by atoms with van der Waals surface area (Å²) >= 11 is 0. The van der Waals surface area contributed by atoms with Crippen LogP contribution in [0.1, 0.15) is 0 Å². The lowest BCUT2D eigenvalue weighted by molar-refractivity contribution is 0.122. The van der Waals surface area contributed by atoms with Crippen molar-refractivity contribution in [3.63, 3.8) is 0 Å². The van der Waals surface area contributed by atoms with Crippen molar-refractivity contribution < 1.29 is 9.15 Å². The minimum Gasteiger partial charge on any atom is -0.464 e. The van der Waals surface area contributed by atoms with Crippen LogP contribution in [0, 0.1) is 0 Å². The fourth-order valence-electron chi connectivity index (χ4n) is 2.75. The van der Waals surface area contributed by atoms with Crippen molar-refractivity contribution in [2.75, 3.05) is 31.2 Å². The number of nitrogens with zero attached hydrogens (tertiary/aromatic N) is 1. The second kappa shape index (κ2) is 4.38. The summed E-state index contributed by atoms with van der Waals surface area (Å²) in [5, 5.41) is 1.95. The summed E-state index contributed by atoms with van der Waals surface area (Å²) in [5.41, 5.74) is 2.27. The maximum absolute atomic E-state index is 12.3. The Morgan fingerprint density at radius 3 is 2.85 bits per heavy atom. The van der Waals surface area contributed by atoms with Crippen LogP contribution in [0.25, 0.3) is 21.9 Å². The molecule has 3 heterocycles. The average molecular weight is 270 g/mol. The molecule has 5 nitrogen and oxygen atoms in total. The molecule has 3 aromatic rings. The summed E-state index contributed by atoms with van der Waals surface area (Å²) in [6.45, 7) is 2.83. The first-order chi connectivity index (χ1) is 9.83. The van der Waals surface area contributed by atoms with E-state index < -0.39 is 0 Å². The third kappa shape index (κ3) is 1.71. The van der Waals surface area contributed by atoms with E-state index in [4.69, 9.17) is 9.15 Å². The smallest absolute Gasteiger partial charge is 0.272 e. The van der Waals surface area contributed by atoms with Gasteiger partial charge in [0.25, 0.3) is 5.56 Å². The van der Waals surface area contributed by atoms with Crippen LogP contribution in [0.5, 0.6) is 0 Å². The molecule has 1 aliphatic heterocycles. The predicted molar refractivity (Wildman–Crippen MR) is 77.4 cm³/mol. The first kappa shape index (κ1) is 11.5. The molecule has 102 valence electrons. The Balaban J connectivity index is 1.93. The zero-order chi connectivity index (χ0) is 13.5. The van der Waals surface area contributed by atoms with Gasteiger partial charge in [0.15, 0.2) is 0 Å². The summed E-state index contributed by atoms with van der Waals surface area (Å²) in [6, 6.07) is 7.73. The molecule has 1 N–H and O–H groups in total. The Bertz CT molecular complexity index is 828. The van der Waals surface area contributed by atoms with E-state index in [1.165, 1.54) is 0 Å². The molecule has 1 fully saturated rings. The highest BCUT2D eigenvalue weighted by atomic mass is 16.5. The van der Waals surface area contributed by atoms with Crippen molar-refractivity contribution in [3.05, 3.63) is 40.9 Å². The zero-order valence-electron chi connectivity index (χ0n) is 10.9. The van der Waals surface area contributed by atoms with Crippen LogP contribution in [-0.4, -0.2) is 31.3 Å². The fourth-order valence-corrected chi connectivity index (χ4v) is 2.75. The molecule has 0 radical (unpaired) electrons. The summed E-state index contributed by atoms with van der Waals surface area (Å²) in [7, 11) is 0. The number of H-pyrrole nitrogens is 1. The SMILES string of the molecule is O=c1[nH]c2c(ccc3occc32)cc1N1CCOCC1. The van der Waals surface area contributed by atoms with Crippen LogP contribution in [0.3, 0.4) is 0 Å². The number of rotatable bonds is 1. The van der Waals surface area contributed by atoms with Crippen molar-refractivity contribution in [3.8, 4) is 0 Å². The molecular weight excluding hydrogens is 256 g/mol. The van der Waals surface area contributed by atoms with Crippen LogP contribution >= 0.6 is 0 Å². The lowest BCUT2D eigenvalue weighted by Crippen LogP contribution is -2.39. The van der Waals surface area contributed by atoms with Gasteiger partial charge >= 0.3 is 0 Å². The molecule has 4 rings (SSSR count). The second-order valence-corrected chi connectivity index (χ2v) is 4.95. The molecule has 5 heteroatoms. The molecule has 0 spiro atoms. The number of pyridine rings is 1. The van der Waals surface area contributed by atoms with E-state index in [1.807, 2.05) is 24.3 Å². The van der Waals surface area contributed by atoms with Gasteiger partial charge in [-0.2, -0.15) is 0 Å². The van der Waals surface area contributed by atoms with Gasteiger partial charge in [-0.1, -0.05) is 0 Å². The highest BCUT2D eigenvalue weighted by molar-refractivity contribution is 6.03. The maximum Gasteiger partial charge on any atom is 0.272 e. The number of nitrogens with one attached hydrogen (secondary N) is 1. The van der Waals surface area contributed by atoms with Gasteiger partial charge in [0.1, 0.15) is 11.3 Å². The Morgan fingerprint density at radius 1 is 1.15 bits per heavy atom. The van der Waals surface area contributed by atoms with Crippen LogP contribution in [0.15, 0.2) is 39.7 Å². The van der Waals surface area contributed by atoms with Crippen molar-refractivity contribution >= 4 is 27.6 Å². The number of ether oxygens (including phenoxy) is 1. The highest BCUT2D eigenvalue weighted by Crippen LogP contribution is 2.25. The Labute approximate surface area is 114 Å². The Hall–Kier alpha value is -2.27. The van der Waals surface area contributed by atoms with E-state index in [0.717, 1.165) is 35.0 Å². The zero-order valence-corrected chi connectivity index (χ0v) is 10.9. The minimum atomic E-state index is -0.0619. The molecule has 0 bridgehead atoms. The standard InChI is InChI=1S/C15H14N2O3/c18-15-12(17-4-7-19-8-5-17)9-10-1-2-13-11(3-6-20-13)14(10)16-15/h1-3,6,9H,4-5,7-8H2,(H,16,18). The molecule has 0 unspecified atom stereocenters. The number of hydrogen-bond acceptors (Lipinski definition) is 4. The second-order valence-electron chi connectivity index (χ2n) is 4.95. The number of aromatic nitrogens is 1. The highest BCUT2D eigenvalue weighted by Gasteiger charge is 2.15. The normalized spacial score (nSPS) is 16.1. The first-order valence-corrected chi connectivity index (χ1v) is 6.69. The molecular formula is C15H14N2O3. The Kier molecular flexibility index (Phi) is 2.53. The Morgan fingerprint density at radius 2 is 2.00 bits per heavy atom. The molecule has 0 aliphatic carbocycles. The molecule has 20 heavy (non-hydrogen) atoms. The van der Waals surface area contributed by atoms with E-state index >= 15 is 0 Å². The quantitative estimate of drug-likeness (QED) is 0.735. The average Bonchev–Trinajstić information content (AvgIpc) is 2.96. The molecule has 0 saturated carbocycles. The number of benzene rings is 1. The van der Waals surface area contributed by atoms with E-state index in [0.29, 0.717) is 18.9 Å². The van der Waals surface area contributed by atoms with Crippen LogP contribution in [0.2, 0.25) is 0 Å². The number of hydrogen-bond donors (Lipinski definition) is 1. The van der Waals surface area contributed by atoms with Crippen LogP contribution in [-0.2, 0) is 4.74 Å². The minimum absolute atomic E-state index is 0.0619. The maximum atomic E-state index is 12.3. The third-order valence-electron chi connectivity index (χ3n) is 3.78. The summed E-state index contributed by atoms with van der Waals surface area (Å²) in [5.74, 6) is 0. The van der Waals surface area contributed by atoms with Crippen molar-refractivity contribution in [1.29, 1.82) is 0 Å². The van der Waals surface area contributed by atoms with Gasteiger partial charge < -0.3 is 19.0 Å². The van der Waals surface area contributed by atoms with Gasteiger partial charge in [0.05, 0.1) is 25.0 Å². The largest absolute Gasteiger partial charge is 0.464 e. The van der Waals surface area contributed by atoms with Gasteiger partial charge in [-0.15, -0.1) is 0 Å². The van der Waals surface area contributed by atoms with Crippen molar-refractivity contribution in [2.45, 2.75) is 0 Å². The van der Waals surface area contributed by atoms with Gasteiger partial charge in [-0.3, -0.25) is 4.79 Å². The van der Waals surface area contributed by atoms with E-state index in [-0.39, 0.29) is 5.56 Å². The summed E-state index contributed by atoms with van der Waals surface area (Å²) < 4.78 is 10.7. The lowest BCUT2D eigenvalue weighted by Gasteiger charge is -2.28. The van der Waals surface area contributed by atoms with E-state index in [9.17, 15) is 4.79 Å². The molecule has 1 aliphatic rings. The fraction of sp³-hybridized carbons (Fsp3) is 0.267. The van der Waals surface area contributed by atoms with Gasteiger partial charge in [0, 0.05) is 23.9 Å². The van der Waals surface area contributed by atoms with Crippen molar-refractivity contribution in [2.24, 2.45) is 0 Å². The molecule has 0 atom stereocenters. The van der Waals surface area contributed by atoms with Gasteiger partial charge in [-0.05, 0) is 24.3 Å². The number of morpholine rings is 1. The van der Waals surface area contributed by atoms with Gasteiger partial charge in [-0.25, -0.2) is 0 Å². The first-order valence-electron chi connectivity index (χ1n) is 6.69. The van der Waals surface area contributed by atoms with E-state index in [1.54, 1.807) is 6.26 Å². The molecule has 1 saturated heterocycles. The molecule has 0 amide bonds. The lowest BCUT2D eigenvalue weighted by atomic mass is 10.1. The van der Waals surface area contributed by atoms with E-state index in [2.05, 4.69) is 9.88 Å². The monoisotopic (exact) mass is 270 g/mol.